The lowest BCUT2D eigenvalue weighted by Crippen LogP contribution is -2.30. The van der Waals surface area contributed by atoms with Crippen LogP contribution >= 0.6 is 0 Å². The topological polar surface area (TPSA) is 37.0 Å². The van der Waals surface area contributed by atoms with Crippen molar-refractivity contribution in [2.45, 2.75) is 39.7 Å². The van der Waals surface area contributed by atoms with E-state index in [2.05, 4.69) is 61.4 Å². The van der Waals surface area contributed by atoms with Gasteiger partial charge in [-0.2, -0.15) is 0 Å². The summed E-state index contributed by atoms with van der Waals surface area (Å²) in [4.78, 5) is 3.71. The summed E-state index contributed by atoms with van der Waals surface area (Å²) in [6.45, 7) is 7.54. The normalized spacial score (nSPS) is 16.9. The zero-order chi connectivity index (χ0) is 17.6. The molecular formula is C22H26N2O. The van der Waals surface area contributed by atoms with Crippen molar-refractivity contribution in [1.82, 2.24) is 10.3 Å². The molecule has 0 saturated carbocycles. The van der Waals surface area contributed by atoms with Crippen LogP contribution in [0.4, 0.5) is 0 Å². The van der Waals surface area contributed by atoms with E-state index in [1.165, 1.54) is 44.4 Å². The number of aryl methyl sites for hydroxylation is 3. The molecule has 25 heavy (non-hydrogen) atoms. The lowest BCUT2D eigenvalue weighted by molar-refractivity contribution is 0.401. The zero-order valence-electron chi connectivity index (χ0n) is 15.5. The number of rotatable bonds is 3. The van der Waals surface area contributed by atoms with Crippen LogP contribution in [0.25, 0.3) is 10.9 Å². The van der Waals surface area contributed by atoms with Gasteiger partial charge < -0.3 is 15.0 Å². The Morgan fingerprint density at radius 2 is 2.00 bits per heavy atom. The molecule has 3 aromatic rings. The average molecular weight is 334 g/mol. The van der Waals surface area contributed by atoms with Crippen molar-refractivity contribution in [2.24, 2.45) is 0 Å². The first-order valence-electron chi connectivity index (χ1n) is 9.14. The van der Waals surface area contributed by atoms with E-state index in [1.807, 2.05) is 0 Å². The molecule has 0 spiro atoms. The SMILES string of the molecule is CCc1ccc(C2NCCc3c2[nH]c2cc(C)cc(C)c32)c(OC)c1. The first-order valence-corrected chi connectivity index (χ1v) is 9.14. The number of hydrogen-bond acceptors (Lipinski definition) is 2. The highest BCUT2D eigenvalue weighted by Crippen LogP contribution is 2.38. The molecule has 1 aromatic heterocycles. The van der Waals surface area contributed by atoms with Crippen LogP contribution in [0.1, 0.15) is 46.5 Å². The lowest BCUT2D eigenvalue weighted by atomic mass is 9.92. The summed E-state index contributed by atoms with van der Waals surface area (Å²) in [6, 6.07) is 11.3. The molecule has 2 aromatic carbocycles. The number of methoxy groups -OCH3 is 1. The predicted octanol–water partition coefficient (Wildman–Crippen LogP) is 4.59. The van der Waals surface area contributed by atoms with Crippen molar-refractivity contribution in [3.63, 3.8) is 0 Å². The Kier molecular flexibility index (Phi) is 4.04. The molecule has 4 rings (SSSR count). The number of fused-ring (bicyclic) bond motifs is 3. The zero-order valence-corrected chi connectivity index (χ0v) is 15.5. The molecule has 1 aliphatic heterocycles. The standard InChI is InChI=1S/C22H26N2O/c1-5-15-6-7-16(19(12-15)25-4)21-22-17(8-9-23-21)20-14(3)10-13(2)11-18(20)24-22/h6-7,10-12,21,23-24H,5,8-9H2,1-4H3. The van der Waals surface area contributed by atoms with E-state index in [9.17, 15) is 0 Å². The van der Waals surface area contributed by atoms with Gasteiger partial charge in [-0.15, -0.1) is 0 Å². The summed E-state index contributed by atoms with van der Waals surface area (Å²) in [5.41, 5.74) is 9.18. The van der Waals surface area contributed by atoms with Crippen molar-refractivity contribution in [2.75, 3.05) is 13.7 Å². The maximum atomic E-state index is 5.72. The van der Waals surface area contributed by atoms with Gasteiger partial charge in [-0.05, 0) is 61.1 Å². The smallest absolute Gasteiger partial charge is 0.124 e. The van der Waals surface area contributed by atoms with Crippen LogP contribution in [0.15, 0.2) is 30.3 Å². The summed E-state index contributed by atoms with van der Waals surface area (Å²) >= 11 is 0. The number of ether oxygens (including phenoxy) is 1. The molecular weight excluding hydrogens is 308 g/mol. The molecule has 1 atom stereocenters. The van der Waals surface area contributed by atoms with Crippen LogP contribution in [0.5, 0.6) is 5.75 Å². The van der Waals surface area contributed by atoms with E-state index in [4.69, 9.17) is 4.74 Å². The average Bonchev–Trinajstić information content (AvgIpc) is 2.99. The quantitative estimate of drug-likeness (QED) is 0.735. The summed E-state index contributed by atoms with van der Waals surface area (Å²) in [5, 5.41) is 5.09. The van der Waals surface area contributed by atoms with E-state index >= 15 is 0 Å². The van der Waals surface area contributed by atoms with Gasteiger partial charge in [-0.3, -0.25) is 0 Å². The highest BCUT2D eigenvalue weighted by Gasteiger charge is 2.28. The van der Waals surface area contributed by atoms with Gasteiger partial charge in [0.1, 0.15) is 5.75 Å². The molecule has 3 heteroatoms. The second-order valence-corrected chi connectivity index (χ2v) is 7.09. The number of aromatic nitrogens is 1. The van der Waals surface area contributed by atoms with Crippen molar-refractivity contribution < 1.29 is 4.74 Å². The summed E-state index contributed by atoms with van der Waals surface area (Å²) < 4.78 is 5.72. The number of hydrogen-bond donors (Lipinski definition) is 2. The van der Waals surface area contributed by atoms with Crippen LogP contribution < -0.4 is 10.1 Å². The Labute approximate surface area is 149 Å². The molecule has 0 radical (unpaired) electrons. The molecule has 0 bridgehead atoms. The highest BCUT2D eigenvalue weighted by atomic mass is 16.5. The molecule has 2 heterocycles. The fraction of sp³-hybridized carbons (Fsp3) is 0.364. The largest absolute Gasteiger partial charge is 0.496 e. The Bertz CT molecular complexity index is 939. The fourth-order valence-electron chi connectivity index (χ4n) is 4.25. The molecule has 0 saturated heterocycles. The van der Waals surface area contributed by atoms with E-state index in [0.717, 1.165) is 25.1 Å². The number of nitrogens with one attached hydrogen (secondary N) is 2. The third-order valence-electron chi connectivity index (χ3n) is 5.41. The van der Waals surface area contributed by atoms with Crippen LogP contribution in [0, 0.1) is 13.8 Å². The van der Waals surface area contributed by atoms with E-state index in [1.54, 1.807) is 7.11 Å². The lowest BCUT2D eigenvalue weighted by Gasteiger charge is -2.26. The second kappa shape index (κ2) is 6.23. The molecule has 1 aliphatic rings. The summed E-state index contributed by atoms with van der Waals surface area (Å²) in [7, 11) is 1.76. The van der Waals surface area contributed by atoms with Gasteiger partial charge in [0.05, 0.1) is 13.2 Å². The predicted molar refractivity (Wildman–Crippen MR) is 104 cm³/mol. The molecule has 0 amide bonds. The van der Waals surface area contributed by atoms with Crippen molar-refractivity contribution in [3.8, 4) is 5.75 Å². The molecule has 0 fully saturated rings. The van der Waals surface area contributed by atoms with E-state index in [-0.39, 0.29) is 6.04 Å². The van der Waals surface area contributed by atoms with Gasteiger partial charge in [0.25, 0.3) is 0 Å². The summed E-state index contributed by atoms with van der Waals surface area (Å²) in [6.07, 6.45) is 2.08. The molecule has 1 unspecified atom stereocenters. The van der Waals surface area contributed by atoms with Crippen LogP contribution in [-0.2, 0) is 12.8 Å². The first kappa shape index (κ1) is 16.2. The van der Waals surface area contributed by atoms with Crippen molar-refractivity contribution >= 4 is 10.9 Å². The number of aromatic amines is 1. The second-order valence-electron chi connectivity index (χ2n) is 7.09. The maximum absolute atomic E-state index is 5.72. The van der Waals surface area contributed by atoms with Crippen molar-refractivity contribution in [3.05, 3.63) is 63.8 Å². The van der Waals surface area contributed by atoms with Gasteiger partial charge in [-0.25, -0.2) is 0 Å². The van der Waals surface area contributed by atoms with Gasteiger partial charge in [0.15, 0.2) is 0 Å². The Hall–Kier alpha value is -2.26. The van der Waals surface area contributed by atoms with E-state index < -0.39 is 0 Å². The summed E-state index contributed by atoms with van der Waals surface area (Å²) in [5.74, 6) is 0.969. The third-order valence-corrected chi connectivity index (χ3v) is 5.41. The van der Waals surface area contributed by atoms with Gasteiger partial charge in [0, 0.05) is 28.7 Å². The Morgan fingerprint density at radius 1 is 1.16 bits per heavy atom. The van der Waals surface area contributed by atoms with Gasteiger partial charge >= 0.3 is 0 Å². The molecule has 3 nitrogen and oxygen atoms in total. The molecule has 2 N–H and O–H groups in total. The van der Waals surface area contributed by atoms with Crippen LogP contribution in [-0.4, -0.2) is 18.6 Å². The minimum atomic E-state index is 0.150. The number of benzene rings is 2. The van der Waals surface area contributed by atoms with Gasteiger partial charge in [-0.1, -0.05) is 25.1 Å². The van der Waals surface area contributed by atoms with Gasteiger partial charge in [0.2, 0.25) is 0 Å². The first-order chi connectivity index (χ1) is 12.1. The highest BCUT2D eigenvalue weighted by molar-refractivity contribution is 5.89. The fourth-order valence-corrected chi connectivity index (χ4v) is 4.25. The third kappa shape index (κ3) is 2.63. The molecule has 0 aliphatic carbocycles. The maximum Gasteiger partial charge on any atom is 0.124 e. The van der Waals surface area contributed by atoms with Crippen LogP contribution in [0.2, 0.25) is 0 Å². The Morgan fingerprint density at radius 3 is 2.76 bits per heavy atom. The van der Waals surface area contributed by atoms with Crippen LogP contribution in [0.3, 0.4) is 0 Å². The monoisotopic (exact) mass is 334 g/mol. The minimum absolute atomic E-state index is 0.150. The minimum Gasteiger partial charge on any atom is -0.496 e. The molecule has 130 valence electrons. The Balaban J connectivity index is 1.89. The van der Waals surface area contributed by atoms with Crippen molar-refractivity contribution in [1.29, 1.82) is 0 Å². The van der Waals surface area contributed by atoms with E-state index in [0.29, 0.717) is 0 Å². The number of H-pyrrole nitrogens is 1.